The number of imide groups is 1. The van der Waals surface area contributed by atoms with E-state index in [9.17, 15) is 28.9 Å². The van der Waals surface area contributed by atoms with Gasteiger partial charge in [0.15, 0.2) is 11.5 Å². The first-order chi connectivity index (χ1) is 18.7. The van der Waals surface area contributed by atoms with Crippen molar-refractivity contribution in [2.45, 2.75) is 13.5 Å². The van der Waals surface area contributed by atoms with Crippen LogP contribution in [0.1, 0.15) is 18.1 Å². The van der Waals surface area contributed by atoms with E-state index in [0.717, 1.165) is 0 Å². The van der Waals surface area contributed by atoms with E-state index < -0.39 is 35.1 Å². The molecule has 1 heterocycles. The molecule has 12 heteroatoms. The summed E-state index contributed by atoms with van der Waals surface area (Å²) in [5, 5.41) is 15.8. The number of anilines is 1. The average molecular weight is 535 g/mol. The van der Waals surface area contributed by atoms with Gasteiger partial charge in [0.2, 0.25) is 5.91 Å². The Balaban J connectivity index is 1.45. The second kappa shape index (κ2) is 11.9. The molecule has 0 radical (unpaired) electrons. The number of nitro groups is 1. The number of hydrogen-bond donors (Lipinski definition) is 2. The molecule has 3 aromatic rings. The van der Waals surface area contributed by atoms with Gasteiger partial charge in [0.1, 0.15) is 24.7 Å². The number of halogens is 1. The Morgan fingerprint density at radius 1 is 1.08 bits per heavy atom. The number of carbonyl (C=O) groups excluding carboxylic acids is 3. The first-order valence-corrected chi connectivity index (χ1v) is 11.8. The number of ether oxygens (including phenoxy) is 2. The second-order valence-electron chi connectivity index (χ2n) is 8.26. The lowest BCUT2D eigenvalue weighted by Gasteiger charge is -2.13. The quantitative estimate of drug-likeness (QED) is 0.172. The summed E-state index contributed by atoms with van der Waals surface area (Å²) in [5.41, 5.74) is 0.914. The summed E-state index contributed by atoms with van der Waals surface area (Å²) in [5.74, 6) is -1.39. The van der Waals surface area contributed by atoms with Gasteiger partial charge in [0.25, 0.3) is 11.6 Å². The maximum Gasteiger partial charge on any atom is 0.329 e. The van der Waals surface area contributed by atoms with Gasteiger partial charge in [-0.1, -0.05) is 30.3 Å². The Hall–Kier alpha value is -5.26. The molecular formula is C27H23FN4O7. The molecule has 0 bridgehead atoms. The van der Waals surface area contributed by atoms with Crippen LogP contribution >= 0.6 is 0 Å². The number of para-hydroxylation sites is 1. The average Bonchev–Trinajstić information content (AvgIpc) is 3.17. The summed E-state index contributed by atoms with van der Waals surface area (Å²) in [7, 11) is 0. The maximum atomic E-state index is 13.8. The predicted molar refractivity (Wildman–Crippen MR) is 138 cm³/mol. The molecular weight excluding hydrogens is 511 g/mol. The van der Waals surface area contributed by atoms with Gasteiger partial charge in [0.05, 0.1) is 17.2 Å². The normalized spacial score (nSPS) is 13.8. The van der Waals surface area contributed by atoms with Gasteiger partial charge in [-0.3, -0.25) is 19.7 Å². The summed E-state index contributed by atoms with van der Waals surface area (Å²) in [6, 6.07) is 15.6. The molecule has 2 N–H and O–H groups in total. The molecule has 3 aromatic carbocycles. The molecule has 4 rings (SSSR count). The molecule has 0 unspecified atom stereocenters. The van der Waals surface area contributed by atoms with Crippen molar-refractivity contribution < 1.29 is 33.2 Å². The first-order valence-electron chi connectivity index (χ1n) is 11.8. The number of nitrogens with one attached hydrogen (secondary N) is 2. The van der Waals surface area contributed by atoms with E-state index in [4.69, 9.17) is 9.47 Å². The zero-order valence-corrected chi connectivity index (χ0v) is 20.7. The Kier molecular flexibility index (Phi) is 8.15. The van der Waals surface area contributed by atoms with Gasteiger partial charge >= 0.3 is 6.03 Å². The number of nitro benzene ring substituents is 1. The minimum atomic E-state index is -0.795. The van der Waals surface area contributed by atoms with E-state index in [2.05, 4.69) is 10.6 Å². The molecule has 200 valence electrons. The second-order valence-corrected chi connectivity index (χ2v) is 8.26. The standard InChI is InChI=1S/C27H23FN4O7/c1-2-38-24-14-17(10-11-23(24)39-16-18-6-5-7-19(12-18)32(36)37)13-22-26(34)31(27(35)30-22)15-25(33)29-21-9-4-3-8-20(21)28/h3-14H,2,15-16H2,1H3,(H,29,33)(H,30,35)/b22-13+. The molecule has 0 spiro atoms. The van der Waals surface area contributed by atoms with Crippen LogP contribution in [0.25, 0.3) is 6.08 Å². The van der Waals surface area contributed by atoms with Crippen molar-refractivity contribution in [1.29, 1.82) is 0 Å². The van der Waals surface area contributed by atoms with Crippen molar-refractivity contribution in [1.82, 2.24) is 10.2 Å². The minimum absolute atomic E-state index is 0.0508. The molecule has 0 saturated carbocycles. The smallest absolute Gasteiger partial charge is 0.329 e. The Morgan fingerprint density at radius 2 is 1.87 bits per heavy atom. The van der Waals surface area contributed by atoms with Crippen LogP contribution in [0, 0.1) is 15.9 Å². The number of benzene rings is 3. The number of hydrogen-bond acceptors (Lipinski definition) is 7. The fourth-order valence-corrected chi connectivity index (χ4v) is 3.70. The lowest BCUT2D eigenvalue weighted by molar-refractivity contribution is -0.384. The molecule has 1 aliphatic heterocycles. The fourth-order valence-electron chi connectivity index (χ4n) is 3.70. The third kappa shape index (κ3) is 6.55. The summed E-state index contributed by atoms with van der Waals surface area (Å²) >= 11 is 0. The highest BCUT2D eigenvalue weighted by atomic mass is 19.1. The molecule has 1 saturated heterocycles. The van der Waals surface area contributed by atoms with Crippen LogP contribution in [-0.4, -0.2) is 40.8 Å². The lowest BCUT2D eigenvalue weighted by Crippen LogP contribution is -2.38. The van der Waals surface area contributed by atoms with Gasteiger partial charge in [-0.05, 0) is 48.4 Å². The molecule has 0 aromatic heterocycles. The number of rotatable bonds is 10. The van der Waals surface area contributed by atoms with Gasteiger partial charge in [0, 0.05) is 12.1 Å². The van der Waals surface area contributed by atoms with E-state index in [0.29, 0.717) is 34.1 Å². The third-order valence-corrected chi connectivity index (χ3v) is 5.51. The largest absolute Gasteiger partial charge is 0.490 e. The van der Waals surface area contributed by atoms with Crippen LogP contribution in [-0.2, 0) is 16.2 Å². The topological polar surface area (TPSA) is 140 Å². The fraction of sp³-hybridized carbons (Fsp3) is 0.148. The number of amides is 4. The highest BCUT2D eigenvalue weighted by Crippen LogP contribution is 2.31. The van der Waals surface area contributed by atoms with Crippen molar-refractivity contribution in [3.05, 3.63) is 99.5 Å². The van der Waals surface area contributed by atoms with Gasteiger partial charge < -0.3 is 20.1 Å². The van der Waals surface area contributed by atoms with Crippen molar-refractivity contribution in [2.75, 3.05) is 18.5 Å². The minimum Gasteiger partial charge on any atom is -0.490 e. The SMILES string of the molecule is CCOc1cc(/C=C2/NC(=O)N(CC(=O)Nc3ccccc3F)C2=O)ccc1OCc1cccc([N+](=O)[O-])c1. The number of urea groups is 1. The summed E-state index contributed by atoms with van der Waals surface area (Å²) in [4.78, 5) is 48.7. The van der Waals surface area contributed by atoms with Crippen molar-refractivity contribution >= 4 is 35.3 Å². The molecule has 1 aliphatic rings. The van der Waals surface area contributed by atoms with E-state index >= 15 is 0 Å². The van der Waals surface area contributed by atoms with Gasteiger partial charge in [-0.2, -0.15) is 0 Å². The predicted octanol–water partition coefficient (Wildman–Crippen LogP) is 4.24. The van der Waals surface area contributed by atoms with E-state index in [1.165, 1.54) is 42.5 Å². The van der Waals surface area contributed by atoms with E-state index in [1.807, 2.05) is 0 Å². The molecule has 39 heavy (non-hydrogen) atoms. The molecule has 1 fully saturated rings. The van der Waals surface area contributed by atoms with Crippen molar-refractivity contribution in [3.63, 3.8) is 0 Å². The van der Waals surface area contributed by atoms with Crippen molar-refractivity contribution in [2.24, 2.45) is 0 Å². The molecule has 0 atom stereocenters. The van der Waals surface area contributed by atoms with Crippen LogP contribution in [0.5, 0.6) is 11.5 Å². The Bertz CT molecular complexity index is 1470. The lowest BCUT2D eigenvalue weighted by atomic mass is 10.1. The molecule has 0 aliphatic carbocycles. The van der Waals surface area contributed by atoms with E-state index in [1.54, 1.807) is 37.3 Å². The van der Waals surface area contributed by atoms with Gasteiger partial charge in [-0.25, -0.2) is 14.1 Å². The molecule has 4 amide bonds. The summed E-state index contributed by atoms with van der Waals surface area (Å²) < 4.78 is 25.2. The van der Waals surface area contributed by atoms with E-state index in [-0.39, 0.29) is 23.7 Å². The van der Waals surface area contributed by atoms with Gasteiger partial charge in [-0.15, -0.1) is 0 Å². The monoisotopic (exact) mass is 534 g/mol. The number of carbonyl (C=O) groups is 3. The number of nitrogens with zero attached hydrogens (tertiary/aromatic N) is 2. The van der Waals surface area contributed by atoms with Crippen LogP contribution in [0.4, 0.5) is 20.6 Å². The third-order valence-electron chi connectivity index (χ3n) is 5.51. The number of non-ortho nitro benzene ring substituents is 1. The summed E-state index contributed by atoms with van der Waals surface area (Å²) in [6.45, 7) is 1.54. The van der Waals surface area contributed by atoms with Crippen LogP contribution in [0.15, 0.2) is 72.4 Å². The Morgan fingerprint density at radius 3 is 2.62 bits per heavy atom. The maximum absolute atomic E-state index is 13.8. The summed E-state index contributed by atoms with van der Waals surface area (Å²) in [6.07, 6.45) is 1.42. The first kappa shape index (κ1) is 26.8. The molecule has 11 nitrogen and oxygen atoms in total. The Labute approximate surface area is 222 Å². The highest BCUT2D eigenvalue weighted by molar-refractivity contribution is 6.16. The van der Waals surface area contributed by atoms with Crippen LogP contribution < -0.4 is 20.1 Å². The van der Waals surface area contributed by atoms with Crippen LogP contribution in [0.3, 0.4) is 0 Å². The zero-order valence-electron chi connectivity index (χ0n) is 20.7. The van der Waals surface area contributed by atoms with Crippen molar-refractivity contribution in [3.8, 4) is 11.5 Å². The van der Waals surface area contributed by atoms with Crippen LogP contribution in [0.2, 0.25) is 0 Å². The zero-order chi connectivity index (χ0) is 27.9. The highest BCUT2D eigenvalue weighted by Gasteiger charge is 2.35.